The number of anilines is 1. The van der Waals surface area contributed by atoms with Gasteiger partial charge in [0, 0.05) is 11.0 Å². The van der Waals surface area contributed by atoms with Gasteiger partial charge in [0.2, 0.25) is 0 Å². The van der Waals surface area contributed by atoms with Crippen molar-refractivity contribution in [2.24, 2.45) is 0 Å². The molecule has 0 saturated carbocycles. The van der Waals surface area contributed by atoms with Crippen LogP contribution in [0.4, 0.5) is 5.69 Å². The van der Waals surface area contributed by atoms with Gasteiger partial charge in [0.05, 0.1) is 15.7 Å². The molecule has 0 amide bonds. The zero-order valence-electron chi connectivity index (χ0n) is 11.2. The smallest absolute Gasteiger partial charge is 0.0719 e. The van der Waals surface area contributed by atoms with Crippen LogP contribution in [0.1, 0.15) is 24.8 Å². The van der Waals surface area contributed by atoms with E-state index < -0.39 is 0 Å². The van der Waals surface area contributed by atoms with Gasteiger partial charge in [-0.3, -0.25) is 0 Å². The molecule has 1 unspecified atom stereocenters. The summed E-state index contributed by atoms with van der Waals surface area (Å²) in [5.41, 5.74) is 2.15. The summed E-state index contributed by atoms with van der Waals surface area (Å²) >= 11 is 15.8. The molecule has 0 aliphatic heterocycles. The van der Waals surface area contributed by atoms with Gasteiger partial charge in [-0.15, -0.1) is 0 Å². The highest BCUT2D eigenvalue weighted by molar-refractivity contribution is 9.10. The van der Waals surface area contributed by atoms with Crippen molar-refractivity contribution < 1.29 is 0 Å². The molecule has 0 bridgehead atoms. The Morgan fingerprint density at radius 2 is 1.70 bits per heavy atom. The molecule has 106 valence electrons. The third-order valence-corrected chi connectivity index (χ3v) is 4.31. The van der Waals surface area contributed by atoms with E-state index in [9.17, 15) is 0 Å². The fraction of sp³-hybridized carbons (Fsp3) is 0.250. The van der Waals surface area contributed by atoms with Crippen LogP contribution in [0.5, 0.6) is 0 Å². The minimum Gasteiger partial charge on any atom is -0.383 e. The number of nitrogens with one attached hydrogen (secondary N) is 1. The second kappa shape index (κ2) is 7.35. The largest absolute Gasteiger partial charge is 0.383 e. The Morgan fingerprint density at radius 3 is 2.30 bits per heavy atom. The average molecular weight is 373 g/mol. The summed E-state index contributed by atoms with van der Waals surface area (Å²) in [5.74, 6) is 0.497. The molecular weight excluding hydrogens is 357 g/mol. The number of rotatable bonds is 5. The standard InChI is InChI=1S/C16H16BrCl2N/c1-11(12-5-3-2-4-6-12)7-8-20-16-14(18)9-13(17)10-15(16)19/h2-6,9-11,20H,7-8H2,1H3. The summed E-state index contributed by atoms with van der Waals surface area (Å²) in [5, 5.41) is 4.60. The highest BCUT2D eigenvalue weighted by Crippen LogP contribution is 2.34. The lowest BCUT2D eigenvalue weighted by Gasteiger charge is -2.15. The van der Waals surface area contributed by atoms with Gasteiger partial charge in [-0.2, -0.15) is 0 Å². The van der Waals surface area contributed by atoms with Crippen molar-refractivity contribution in [3.05, 3.63) is 62.5 Å². The summed E-state index contributed by atoms with van der Waals surface area (Å²) in [6, 6.07) is 14.2. The molecule has 0 aliphatic rings. The van der Waals surface area contributed by atoms with Crippen LogP contribution in [0.3, 0.4) is 0 Å². The first-order valence-corrected chi connectivity index (χ1v) is 8.06. The molecule has 1 atom stereocenters. The third kappa shape index (κ3) is 4.15. The maximum absolute atomic E-state index is 6.19. The van der Waals surface area contributed by atoms with Crippen molar-refractivity contribution in [1.29, 1.82) is 0 Å². The van der Waals surface area contributed by atoms with Crippen molar-refractivity contribution >= 4 is 44.8 Å². The molecule has 1 nitrogen and oxygen atoms in total. The third-order valence-electron chi connectivity index (χ3n) is 3.25. The van der Waals surface area contributed by atoms with Crippen LogP contribution in [0.2, 0.25) is 10.0 Å². The van der Waals surface area contributed by atoms with Crippen molar-refractivity contribution in [3.8, 4) is 0 Å². The lowest BCUT2D eigenvalue weighted by atomic mass is 9.98. The van der Waals surface area contributed by atoms with Gasteiger partial charge in [0.1, 0.15) is 0 Å². The van der Waals surface area contributed by atoms with E-state index >= 15 is 0 Å². The zero-order chi connectivity index (χ0) is 14.5. The van der Waals surface area contributed by atoms with Crippen molar-refractivity contribution in [2.75, 3.05) is 11.9 Å². The molecule has 0 fully saturated rings. The molecule has 2 rings (SSSR count). The van der Waals surface area contributed by atoms with Crippen molar-refractivity contribution in [2.45, 2.75) is 19.3 Å². The van der Waals surface area contributed by atoms with Crippen LogP contribution >= 0.6 is 39.1 Å². The monoisotopic (exact) mass is 371 g/mol. The summed E-state index contributed by atoms with van der Waals surface area (Å²) in [6.07, 6.45) is 1.02. The maximum atomic E-state index is 6.19. The quantitative estimate of drug-likeness (QED) is 0.643. The molecule has 20 heavy (non-hydrogen) atoms. The SMILES string of the molecule is CC(CCNc1c(Cl)cc(Br)cc1Cl)c1ccccc1. The number of hydrogen-bond acceptors (Lipinski definition) is 1. The van der Waals surface area contributed by atoms with E-state index in [0.29, 0.717) is 16.0 Å². The Hall–Kier alpha value is -0.700. The van der Waals surface area contributed by atoms with E-state index in [1.807, 2.05) is 18.2 Å². The predicted molar refractivity (Wildman–Crippen MR) is 92.1 cm³/mol. The Labute approximate surface area is 138 Å². The first-order chi connectivity index (χ1) is 9.58. The minimum atomic E-state index is 0.497. The molecule has 2 aromatic rings. The Balaban J connectivity index is 1.94. The number of hydrogen-bond donors (Lipinski definition) is 1. The lowest BCUT2D eigenvalue weighted by molar-refractivity contribution is 0.706. The number of benzene rings is 2. The van der Waals surface area contributed by atoms with Gasteiger partial charge in [0.25, 0.3) is 0 Å². The summed E-state index contributed by atoms with van der Waals surface area (Å²) < 4.78 is 0.885. The molecule has 0 heterocycles. The van der Waals surface area contributed by atoms with Crippen LogP contribution in [0.25, 0.3) is 0 Å². The Bertz CT molecular complexity index is 549. The molecular formula is C16H16BrCl2N. The van der Waals surface area contributed by atoms with Crippen LogP contribution in [0.15, 0.2) is 46.9 Å². The van der Waals surface area contributed by atoms with Gasteiger partial charge in [-0.05, 0) is 30.0 Å². The fourth-order valence-electron chi connectivity index (χ4n) is 2.07. The van der Waals surface area contributed by atoms with Crippen LogP contribution < -0.4 is 5.32 Å². The predicted octanol–water partition coefficient (Wildman–Crippen LogP) is 6.36. The van der Waals surface area contributed by atoms with E-state index in [0.717, 1.165) is 23.1 Å². The maximum Gasteiger partial charge on any atom is 0.0719 e. The van der Waals surface area contributed by atoms with E-state index in [1.54, 1.807) is 0 Å². The molecule has 0 aromatic heterocycles. The molecule has 0 radical (unpaired) electrons. The van der Waals surface area contributed by atoms with Crippen molar-refractivity contribution in [3.63, 3.8) is 0 Å². The summed E-state index contributed by atoms with van der Waals surface area (Å²) in [4.78, 5) is 0. The van der Waals surface area contributed by atoms with Gasteiger partial charge in [-0.25, -0.2) is 0 Å². The van der Waals surface area contributed by atoms with E-state index in [1.165, 1.54) is 5.56 Å². The molecule has 2 aromatic carbocycles. The van der Waals surface area contributed by atoms with E-state index in [-0.39, 0.29) is 0 Å². The Morgan fingerprint density at radius 1 is 1.10 bits per heavy atom. The van der Waals surface area contributed by atoms with Gasteiger partial charge in [0.15, 0.2) is 0 Å². The summed E-state index contributed by atoms with van der Waals surface area (Å²) in [7, 11) is 0. The van der Waals surface area contributed by atoms with Crippen molar-refractivity contribution in [1.82, 2.24) is 0 Å². The molecule has 0 saturated heterocycles. The second-order valence-corrected chi connectivity index (χ2v) is 6.50. The average Bonchev–Trinajstić information content (AvgIpc) is 2.42. The molecule has 0 spiro atoms. The van der Waals surface area contributed by atoms with Crippen LogP contribution in [-0.2, 0) is 0 Å². The molecule has 4 heteroatoms. The first kappa shape index (κ1) is 15.7. The highest BCUT2D eigenvalue weighted by Gasteiger charge is 2.09. The molecule has 0 aliphatic carbocycles. The topological polar surface area (TPSA) is 12.0 Å². The zero-order valence-corrected chi connectivity index (χ0v) is 14.3. The second-order valence-electron chi connectivity index (χ2n) is 4.77. The van der Waals surface area contributed by atoms with E-state index in [2.05, 4.69) is 52.4 Å². The van der Waals surface area contributed by atoms with Gasteiger partial charge >= 0.3 is 0 Å². The molecule has 1 N–H and O–H groups in total. The first-order valence-electron chi connectivity index (χ1n) is 6.51. The fourth-order valence-corrected chi connectivity index (χ4v) is 3.42. The normalized spacial score (nSPS) is 12.2. The minimum absolute atomic E-state index is 0.497. The highest BCUT2D eigenvalue weighted by atomic mass is 79.9. The number of halogens is 3. The van der Waals surface area contributed by atoms with Crippen LogP contribution in [0, 0.1) is 0 Å². The Kier molecular flexibility index (Phi) is 5.76. The van der Waals surface area contributed by atoms with E-state index in [4.69, 9.17) is 23.2 Å². The van der Waals surface area contributed by atoms with Gasteiger partial charge in [-0.1, -0.05) is 76.4 Å². The lowest BCUT2D eigenvalue weighted by Crippen LogP contribution is -2.06. The summed E-state index contributed by atoms with van der Waals surface area (Å²) in [6.45, 7) is 3.05. The van der Waals surface area contributed by atoms with Gasteiger partial charge < -0.3 is 5.32 Å². The van der Waals surface area contributed by atoms with Crippen LogP contribution in [-0.4, -0.2) is 6.54 Å².